The SMILES string of the molecule is CC1=[C]([Ti]([Cl])[Cl])CC=C1. The zero-order valence-electron chi connectivity index (χ0n) is 5.12. The second kappa shape index (κ2) is 3.25. The summed E-state index contributed by atoms with van der Waals surface area (Å²) >= 11 is -1.76. The van der Waals surface area contributed by atoms with Crippen LogP contribution in [0.3, 0.4) is 0 Å². The second-order valence-corrected chi connectivity index (χ2v) is 7.70. The molecule has 0 aromatic carbocycles. The van der Waals surface area contributed by atoms with Gasteiger partial charge in [-0.15, -0.1) is 0 Å². The molecular weight excluding hydrogens is 191 g/mol. The molecular formula is C6H7Cl2Ti. The number of hydrogen-bond acceptors (Lipinski definition) is 0. The molecule has 0 aromatic heterocycles. The van der Waals surface area contributed by atoms with Crippen molar-refractivity contribution in [3.63, 3.8) is 0 Å². The molecule has 3 heteroatoms. The average Bonchev–Trinajstić information content (AvgIpc) is 2.13. The van der Waals surface area contributed by atoms with Gasteiger partial charge < -0.3 is 0 Å². The van der Waals surface area contributed by atoms with Gasteiger partial charge >= 0.3 is 69.3 Å². The fourth-order valence-corrected chi connectivity index (χ4v) is 3.73. The first-order valence-electron chi connectivity index (χ1n) is 2.76. The summed E-state index contributed by atoms with van der Waals surface area (Å²) in [5.74, 6) is 0. The second-order valence-electron chi connectivity index (χ2n) is 2.03. The zero-order valence-corrected chi connectivity index (χ0v) is 8.19. The van der Waals surface area contributed by atoms with Crippen LogP contribution < -0.4 is 0 Å². The molecule has 0 bridgehead atoms. The van der Waals surface area contributed by atoms with Crippen molar-refractivity contribution in [3.8, 4) is 0 Å². The van der Waals surface area contributed by atoms with E-state index in [2.05, 4.69) is 19.1 Å². The van der Waals surface area contributed by atoms with Crippen molar-refractivity contribution in [3.05, 3.63) is 21.6 Å². The Labute approximate surface area is 69.1 Å². The summed E-state index contributed by atoms with van der Waals surface area (Å²) in [6.07, 6.45) is 5.20. The van der Waals surface area contributed by atoms with E-state index in [1.165, 1.54) is 9.45 Å². The molecule has 0 fully saturated rings. The van der Waals surface area contributed by atoms with Crippen LogP contribution >= 0.6 is 18.6 Å². The number of halogens is 2. The quantitative estimate of drug-likeness (QED) is 0.567. The molecule has 0 saturated heterocycles. The Morgan fingerprint density at radius 3 is 2.44 bits per heavy atom. The van der Waals surface area contributed by atoms with Gasteiger partial charge in [0, 0.05) is 0 Å². The summed E-state index contributed by atoms with van der Waals surface area (Å²) in [6.45, 7) is 2.07. The molecule has 1 aliphatic carbocycles. The summed E-state index contributed by atoms with van der Waals surface area (Å²) in [5, 5.41) is 0. The van der Waals surface area contributed by atoms with Crippen molar-refractivity contribution in [1.29, 1.82) is 0 Å². The molecule has 0 aliphatic heterocycles. The van der Waals surface area contributed by atoms with Gasteiger partial charge in [0.1, 0.15) is 0 Å². The van der Waals surface area contributed by atoms with Gasteiger partial charge in [-0.1, -0.05) is 0 Å². The molecule has 0 saturated carbocycles. The van der Waals surface area contributed by atoms with Crippen LogP contribution in [0.25, 0.3) is 0 Å². The topological polar surface area (TPSA) is 0 Å². The third-order valence-corrected chi connectivity index (χ3v) is 4.92. The molecule has 0 spiro atoms. The van der Waals surface area contributed by atoms with Gasteiger partial charge in [-0.05, 0) is 0 Å². The molecule has 0 N–H and O–H groups in total. The van der Waals surface area contributed by atoms with Crippen LogP contribution in [-0.4, -0.2) is 0 Å². The molecule has 0 aromatic rings. The summed E-state index contributed by atoms with van der Waals surface area (Å²) in [4.78, 5) is 0. The fourth-order valence-electron chi connectivity index (χ4n) is 0.841. The third-order valence-electron chi connectivity index (χ3n) is 1.39. The van der Waals surface area contributed by atoms with Gasteiger partial charge in [-0.3, -0.25) is 0 Å². The maximum atomic E-state index is 5.81. The van der Waals surface area contributed by atoms with E-state index in [0.717, 1.165) is 6.42 Å². The first kappa shape index (κ1) is 7.88. The standard InChI is InChI=1S/C6H7.2ClH.Ti/c1-6-4-2-3-5-6;;;/h2,4H,3H2,1H3;2*1H;/q;;;+2/p-2. The number of rotatable bonds is 1. The van der Waals surface area contributed by atoms with E-state index in [-0.39, 0.29) is 0 Å². The summed E-state index contributed by atoms with van der Waals surface area (Å²) in [6, 6.07) is 0. The van der Waals surface area contributed by atoms with Gasteiger partial charge in [-0.2, -0.15) is 0 Å². The van der Waals surface area contributed by atoms with Crippen LogP contribution in [0.4, 0.5) is 0 Å². The van der Waals surface area contributed by atoms with E-state index in [1.54, 1.807) is 0 Å². The maximum absolute atomic E-state index is 5.81. The number of allylic oxidation sites excluding steroid dienone is 4. The van der Waals surface area contributed by atoms with Crippen molar-refractivity contribution in [2.75, 3.05) is 0 Å². The average molecular weight is 198 g/mol. The first-order chi connectivity index (χ1) is 4.22. The predicted octanol–water partition coefficient (Wildman–Crippen LogP) is 3.15. The van der Waals surface area contributed by atoms with Gasteiger partial charge in [0.15, 0.2) is 0 Å². The molecule has 0 unspecified atom stereocenters. The molecule has 0 atom stereocenters. The Morgan fingerprint density at radius 1 is 1.56 bits per heavy atom. The summed E-state index contributed by atoms with van der Waals surface area (Å²) < 4.78 is 1.30. The van der Waals surface area contributed by atoms with E-state index < -0.39 is 15.7 Å². The van der Waals surface area contributed by atoms with Crippen molar-refractivity contribution >= 4 is 18.6 Å². The molecule has 1 rings (SSSR count). The van der Waals surface area contributed by atoms with Crippen LogP contribution in [-0.2, 0) is 15.7 Å². The van der Waals surface area contributed by atoms with Crippen LogP contribution in [0.15, 0.2) is 21.6 Å². The van der Waals surface area contributed by atoms with Crippen LogP contribution in [0.1, 0.15) is 13.3 Å². The molecule has 0 radical (unpaired) electrons. The van der Waals surface area contributed by atoms with Crippen molar-refractivity contribution < 1.29 is 15.7 Å². The van der Waals surface area contributed by atoms with Crippen LogP contribution in [0.2, 0.25) is 0 Å². The fraction of sp³-hybridized carbons (Fsp3) is 0.333. The zero-order chi connectivity index (χ0) is 6.85. The van der Waals surface area contributed by atoms with Crippen molar-refractivity contribution in [2.45, 2.75) is 13.3 Å². The van der Waals surface area contributed by atoms with Crippen molar-refractivity contribution in [2.24, 2.45) is 0 Å². The molecule has 0 heterocycles. The van der Waals surface area contributed by atoms with E-state index in [0.29, 0.717) is 0 Å². The molecule has 0 nitrogen and oxygen atoms in total. The normalized spacial score (nSPS) is 17.2. The van der Waals surface area contributed by atoms with Crippen LogP contribution in [0, 0.1) is 0 Å². The third kappa shape index (κ3) is 1.84. The first-order valence-corrected chi connectivity index (χ1v) is 7.84. The van der Waals surface area contributed by atoms with Gasteiger partial charge in [0.05, 0.1) is 0 Å². The Hall–Kier alpha value is 0.774. The van der Waals surface area contributed by atoms with Crippen molar-refractivity contribution in [1.82, 2.24) is 0 Å². The number of hydrogen-bond donors (Lipinski definition) is 0. The van der Waals surface area contributed by atoms with E-state index in [4.69, 9.17) is 18.6 Å². The van der Waals surface area contributed by atoms with Gasteiger partial charge in [0.2, 0.25) is 0 Å². The Balaban J connectivity index is 2.73. The Morgan fingerprint density at radius 2 is 2.22 bits per heavy atom. The summed E-state index contributed by atoms with van der Waals surface area (Å²) in [5.41, 5.74) is 1.29. The van der Waals surface area contributed by atoms with E-state index in [9.17, 15) is 0 Å². The monoisotopic (exact) mass is 197 g/mol. The molecule has 9 heavy (non-hydrogen) atoms. The Bertz CT molecular complexity index is 170. The van der Waals surface area contributed by atoms with E-state index >= 15 is 0 Å². The molecule has 1 aliphatic rings. The Kier molecular flexibility index (Phi) is 2.84. The predicted molar refractivity (Wildman–Crippen MR) is 38.2 cm³/mol. The van der Waals surface area contributed by atoms with Crippen LogP contribution in [0.5, 0.6) is 0 Å². The molecule has 0 amide bonds. The van der Waals surface area contributed by atoms with Gasteiger partial charge in [0.25, 0.3) is 0 Å². The summed E-state index contributed by atoms with van der Waals surface area (Å²) in [7, 11) is 11.6. The van der Waals surface area contributed by atoms with Gasteiger partial charge in [-0.25, -0.2) is 0 Å². The minimum absolute atomic E-state index is 0.994. The van der Waals surface area contributed by atoms with E-state index in [1.807, 2.05) is 0 Å². The molecule has 49 valence electrons. The minimum atomic E-state index is -1.76.